The number of anilines is 1. The lowest BCUT2D eigenvalue weighted by molar-refractivity contribution is -0.117. The van der Waals surface area contributed by atoms with Crippen LogP contribution in [0.1, 0.15) is 19.8 Å². The van der Waals surface area contributed by atoms with Crippen LogP contribution in [0.15, 0.2) is 24.3 Å². The van der Waals surface area contributed by atoms with Crippen LogP contribution in [0.2, 0.25) is 0 Å². The number of hydrogen-bond acceptors (Lipinski definition) is 3. The van der Waals surface area contributed by atoms with Crippen LogP contribution in [-0.4, -0.2) is 26.5 Å². The fourth-order valence-corrected chi connectivity index (χ4v) is 1.56. The van der Waals surface area contributed by atoms with Crippen LogP contribution in [0.3, 0.4) is 0 Å². The minimum Gasteiger partial charge on any atom is -0.497 e. The van der Waals surface area contributed by atoms with Gasteiger partial charge in [-0.15, -0.1) is 0 Å². The van der Waals surface area contributed by atoms with Gasteiger partial charge in [0.2, 0.25) is 0 Å². The van der Waals surface area contributed by atoms with Crippen LogP contribution in [0, 0.1) is 0 Å². The normalized spacial score (nSPS) is 9.94. The number of hydrogen-bond donors (Lipinski definition) is 0. The molecule has 0 saturated heterocycles. The zero-order valence-electron chi connectivity index (χ0n) is 10.2. The summed E-state index contributed by atoms with van der Waals surface area (Å²) in [7, 11) is 3.56. The summed E-state index contributed by atoms with van der Waals surface area (Å²) in [4.78, 5) is 13.5. The molecule has 0 atom stereocenters. The summed E-state index contributed by atoms with van der Waals surface area (Å²) in [5.74, 6) is 1.08. The highest BCUT2D eigenvalue weighted by Crippen LogP contribution is 2.19. The van der Waals surface area contributed by atoms with E-state index in [1.807, 2.05) is 43.1 Å². The molecule has 1 aromatic rings. The maximum atomic E-state index is 11.5. The zero-order chi connectivity index (χ0) is 12.0. The van der Waals surface area contributed by atoms with Crippen molar-refractivity contribution >= 4 is 11.5 Å². The average Bonchev–Trinajstić information content (AvgIpc) is 2.29. The lowest BCUT2D eigenvalue weighted by Crippen LogP contribution is -2.25. The third-order valence-electron chi connectivity index (χ3n) is 2.44. The maximum Gasteiger partial charge on any atom is 0.152 e. The van der Waals surface area contributed by atoms with Gasteiger partial charge in [-0.25, -0.2) is 0 Å². The first kappa shape index (κ1) is 12.6. The van der Waals surface area contributed by atoms with E-state index in [0.29, 0.717) is 13.0 Å². The smallest absolute Gasteiger partial charge is 0.152 e. The number of nitrogens with zero attached hydrogens (tertiary/aromatic N) is 1. The minimum absolute atomic E-state index is 0.271. The maximum absolute atomic E-state index is 11.5. The molecule has 0 aliphatic heterocycles. The fourth-order valence-electron chi connectivity index (χ4n) is 1.56. The van der Waals surface area contributed by atoms with Gasteiger partial charge >= 0.3 is 0 Å². The molecule has 0 saturated carbocycles. The van der Waals surface area contributed by atoms with Gasteiger partial charge < -0.3 is 9.64 Å². The highest BCUT2D eigenvalue weighted by molar-refractivity contribution is 5.83. The average molecular weight is 221 g/mol. The Labute approximate surface area is 97.0 Å². The van der Waals surface area contributed by atoms with Crippen molar-refractivity contribution in [1.82, 2.24) is 0 Å². The van der Waals surface area contributed by atoms with Crippen LogP contribution in [0.4, 0.5) is 5.69 Å². The number of ketones is 1. The molecule has 0 bridgehead atoms. The Hall–Kier alpha value is -1.51. The SMILES string of the molecule is CCCC(=O)CN(C)c1cccc(OC)c1. The summed E-state index contributed by atoms with van der Waals surface area (Å²) in [6, 6.07) is 7.72. The predicted molar refractivity (Wildman–Crippen MR) is 66.2 cm³/mol. The van der Waals surface area contributed by atoms with Crippen LogP contribution >= 0.6 is 0 Å². The first-order chi connectivity index (χ1) is 7.67. The zero-order valence-corrected chi connectivity index (χ0v) is 10.2. The minimum atomic E-state index is 0.271. The highest BCUT2D eigenvalue weighted by Gasteiger charge is 2.07. The second-order valence-corrected chi connectivity index (χ2v) is 3.85. The third kappa shape index (κ3) is 3.57. The molecule has 0 heterocycles. The van der Waals surface area contributed by atoms with Crippen LogP contribution in [-0.2, 0) is 4.79 Å². The van der Waals surface area contributed by atoms with Gasteiger partial charge in [-0.3, -0.25) is 4.79 Å². The number of likely N-dealkylation sites (N-methyl/N-ethyl adjacent to an activating group) is 1. The van der Waals surface area contributed by atoms with Crippen molar-refractivity contribution in [3.8, 4) is 5.75 Å². The molecule has 0 aromatic heterocycles. The van der Waals surface area contributed by atoms with Crippen molar-refractivity contribution in [2.75, 3.05) is 25.6 Å². The van der Waals surface area contributed by atoms with E-state index < -0.39 is 0 Å². The third-order valence-corrected chi connectivity index (χ3v) is 2.44. The Morgan fingerprint density at radius 1 is 1.44 bits per heavy atom. The number of benzene rings is 1. The van der Waals surface area contributed by atoms with Gasteiger partial charge in [-0.05, 0) is 18.6 Å². The molecule has 0 fully saturated rings. The van der Waals surface area contributed by atoms with E-state index in [0.717, 1.165) is 17.9 Å². The van der Waals surface area contributed by atoms with Crippen LogP contribution in [0.25, 0.3) is 0 Å². The quantitative estimate of drug-likeness (QED) is 0.739. The Balaban J connectivity index is 2.64. The monoisotopic (exact) mass is 221 g/mol. The summed E-state index contributed by atoms with van der Waals surface area (Å²) in [6.45, 7) is 2.48. The lowest BCUT2D eigenvalue weighted by Gasteiger charge is -2.18. The molecule has 3 heteroatoms. The molecule has 0 N–H and O–H groups in total. The molecule has 16 heavy (non-hydrogen) atoms. The lowest BCUT2D eigenvalue weighted by atomic mass is 10.2. The number of carbonyl (C=O) groups is 1. The van der Waals surface area contributed by atoms with Crippen LogP contribution < -0.4 is 9.64 Å². The van der Waals surface area contributed by atoms with Gasteiger partial charge in [0.15, 0.2) is 5.78 Å². The topological polar surface area (TPSA) is 29.5 Å². The number of Topliss-reactive ketones (excluding diaryl/α,β-unsaturated/α-hetero) is 1. The Bertz CT molecular complexity index is 350. The van der Waals surface area contributed by atoms with E-state index in [2.05, 4.69) is 0 Å². The summed E-state index contributed by atoms with van der Waals surface area (Å²) in [5.41, 5.74) is 1.00. The van der Waals surface area contributed by atoms with Crippen molar-refractivity contribution < 1.29 is 9.53 Å². The molecular weight excluding hydrogens is 202 g/mol. The van der Waals surface area contributed by atoms with E-state index >= 15 is 0 Å². The number of carbonyl (C=O) groups excluding carboxylic acids is 1. The Kier molecular flexibility index (Phi) is 4.83. The molecule has 0 unspecified atom stereocenters. The summed E-state index contributed by atoms with van der Waals surface area (Å²) < 4.78 is 5.15. The summed E-state index contributed by atoms with van der Waals surface area (Å²) >= 11 is 0. The molecule has 0 spiro atoms. The first-order valence-electron chi connectivity index (χ1n) is 5.54. The molecule has 0 aliphatic carbocycles. The molecule has 1 rings (SSSR count). The predicted octanol–water partition coefficient (Wildman–Crippen LogP) is 2.50. The molecule has 88 valence electrons. The van der Waals surface area contributed by atoms with Crippen molar-refractivity contribution in [3.63, 3.8) is 0 Å². The van der Waals surface area contributed by atoms with Crippen LogP contribution in [0.5, 0.6) is 5.75 Å². The van der Waals surface area contributed by atoms with Gasteiger partial charge in [-0.2, -0.15) is 0 Å². The standard InChI is InChI=1S/C13H19NO2/c1-4-6-12(15)10-14(2)11-7-5-8-13(9-11)16-3/h5,7-9H,4,6,10H2,1-3H3. The highest BCUT2D eigenvalue weighted by atomic mass is 16.5. The number of ether oxygens (including phenoxy) is 1. The van der Waals surface area contributed by atoms with Crippen molar-refractivity contribution in [2.24, 2.45) is 0 Å². The first-order valence-corrected chi connectivity index (χ1v) is 5.54. The number of rotatable bonds is 6. The van der Waals surface area contributed by atoms with Gasteiger partial charge in [0.05, 0.1) is 13.7 Å². The second-order valence-electron chi connectivity index (χ2n) is 3.85. The molecule has 0 radical (unpaired) electrons. The summed E-state index contributed by atoms with van der Waals surface area (Å²) in [6.07, 6.45) is 1.55. The van der Waals surface area contributed by atoms with E-state index in [-0.39, 0.29) is 5.78 Å². The van der Waals surface area contributed by atoms with E-state index in [1.54, 1.807) is 7.11 Å². The van der Waals surface area contributed by atoms with Gasteiger partial charge in [0.25, 0.3) is 0 Å². The number of methoxy groups -OCH3 is 1. The van der Waals surface area contributed by atoms with E-state index in [4.69, 9.17) is 4.74 Å². The van der Waals surface area contributed by atoms with Gasteiger partial charge in [0, 0.05) is 25.2 Å². The van der Waals surface area contributed by atoms with Crippen molar-refractivity contribution in [3.05, 3.63) is 24.3 Å². The summed E-state index contributed by atoms with van der Waals surface area (Å²) in [5, 5.41) is 0. The molecule has 0 aliphatic rings. The largest absolute Gasteiger partial charge is 0.497 e. The van der Waals surface area contributed by atoms with Gasteiger partial charge in [0.1, 0.15) is 5.75 Å². The molecule has 3 nitrogen and oxygen atoms in total. The van der Waals surface area contributed by atoms with Crippen molar-refractivity contribution in [1.29, 1.82) is 0 Å². The molecular formula is C13H19NO2. The molecule has 0 amide bonds. The van der Waals surface area contributed by atoms with E-state index in [9.17, 15) is 4.79 Å². The fraction of sp³-hybridized carbons (Fsp3) is 0.462. The molecule has 1 aromatic carbocycles. The second kappa shape index (κ2) is 6.16. The van der Waals surface area contributed by atoms with Crippen molar-refractivity contribution in [2.45, 2.75) is 19.8 Å². The van der Waals surface area contributed by atoms with Gasteiger partial charge in [-0.1, -0.05) is 13.0 Å². The Morgan fingerprint density at radius 2 is 2.19 bits per heavy atom. The van der Waals surface area contributed by atoms with E-state index in [1.165, 1.54) is 0 Å². The Morgan fingerprint density at radius 3 is 2.81 bits per heavy atom.